The van der Waals surface area contributed by atoms with Crippen molar-refractivity contribution in [2.24, 2.45) is 0 Å². The molecule has 3 nitrogen and oxygen atoms in total. The maximum Gasteiger partial charge on any atom is 2.00 e. The Kier molecular flexibility index (Phi) is 32.7. The summed E-state index contributed by atoms with van der Waals surface area (Å²) in [4.78, 5) is 0.246. The van der Waals surface area contributed by atoms with E-state index in [1.807, 2.05) is 6.07 Å². The van der Waals surface area contributed by atoms with Crippen molar-refractivity contribution >= 4 is 59.0 Å². The Morgan fingerprint density at radius 2 is 0.732 bits per heavy atom. The molecule has 41 heavy (non-hydrogen) atoms. The molecule has 0 aliphatic heterocycles. The minimum Gasteiger partial charge on any atom is -1.00 e. The van der Waals surface area contributed by atoms with E-state index in [0.717, 1.165) is 12.8 Å². The first kappa shape index (κ1) is 41.7. The van der Waals surface area contributed by atoms with Crippen LogP contribution in [-0.4, -0.2) is 63.9 Å². The zero-order chi connectivity index (χ0) is 28.8. The van der Waals surface area contributed by atoms with Gasteiger partial charge in [0.05, 0.1) is 11.5 Å². The van der Waals surface area contributed by atoms with E-state index in [9.17, 15) is 8.42 Å². The normalized spacial score (nSPS) is 11.5. The molecule has 0 saturated heterocycles. The molecule has 5 heteroatoms. The van der Waals surface area contributed by atoms with Crippen LogP contribution >= 0.6 is 0 Å². The van der Waals surface area contributed by atoms with Gasteiger partial charge in [-0.15, -0.1) is 0 Å². The SMILES string of the molecule is CCCCCCCCCCCCCCCCCCCCCCCCCCCCCCOS(=O)(=O)c1ccccc1.[Ba+2].[H-].[H-]. The van der Waals surface area contributed by atoms with Crippen LogP contribution in [0, 0.1) is 0 Å². The number of hydrogen-bond donors (Lipinski definition) is 0. The fraction of sp³-hybridized carbons (Fsp3) is 0.833. The number of benzene rings is 1. The van der Waals surface area contributed by atoms with Crippen molar-refractivity contribution in [2.75, 3.05) is 6.61 Å². The van der Waals surface area contributed by atoms with E-state index in [2.05, 4.69) is 6.92 Å². The Bertz CT molecular complexity index is 750. The third-order valence-corrected chi connectivity index (χ3v) is 9.59. The quantitative estimate of drug-likeness (QED) is 0.0436. The summed E-state index contributed by atoms with van der Waals surface area (Å²) in [7, 11) is -3.59. The van der Waals surface area contributed by atoms with Crippen LogP contribution in [0.2, 0.25) is 0 Å². The van der Waals surface area contributed by atoms with Crippen molar-refractivity contribution in [1.29, 1.82) is 0 Å². The standard InChI is InChI=1S/C36H66O3S.Ba.2H/c1-2-3-4-5-6-7-8-9-10-11-12-13-14-15-16-17-18-19-20-21-22-23-24-25-26-27-28-32-35-39-40(37,38)36-33-30-29-31-34-36;;;/h29-31,33-34H,2-28,32,35H2,1H3;;;/q;+2;2*-1. The van der Waals surface area contributed by atoms with E-state index in [1.165, 1.54) is 167 Å². The minimum absolute atomic E-state index is 0. The molecule has 0 spiro atoms. The Morgan fingerprint density at radius 1 is 0.463 bits per heavy atom. The van der Waals surface area contributed by atoms with Crippen LogP contribution in [0.1, 0.15) is 190 Å². The number of rotatable bonds is 31. The zero-order valence-electron chi connectivity index (χ0n) is 29.2. The summed E-state index contributed by atoms with van der Waals surface area (Å²) in [6, 6.07) is 8.41. The van der Waals surface area contributed by atoms with Gasteiger partial charge in [0.15, 0.2) is 0 Å². The van der Waals surface area contributed by atoms with Crippen LogP contribution in [0.15, 0.2) is 35.2 Å². The Labute approximate surface area is 300 Å². The predicted octanol–water partition coefficient (Wildman–Crippen LogP) is 12.2. The van der Waals surface area contributed by atoms with Gasteiger partial charge in [-0.1, -0.05) is 198 Å². The molecule has 0 atom stereocenters. The van der Waals surface area contributed by atoms with Crippen LogP contribution in [-0.2, 0) is 14.3 Å². The smallest absolute Gasteiger partial charge is 1.00 e. The van der Waals surface area contributed by atoms with Crippen LogP contribution < -0.4 is 0 Å². The molecule has 0 saturated carbocycles. The number of hydrogen-bond acceptors (Lipinski definition) is 3. The van der Waals surface area contributed by atoms with Crippen LogP contribution in [0.4, 0.5) is 0 Å². The van der Waals surface area contributed by atoms with Gasteiger partial charge >= 0.3 is 48.9 Å². The summed E-state index contributed by atoms with van der Waals surface area (Å²) < 4.78 is 29.3. The molecule has 0 N–H and O–H groups in total. The monoisotopic (exact) mass is 718 g/mol. The van der Waals surface area contributed by atoms with Crippen molar-refractivity contribution in [1.82, 2.24) is 0 Å². The second-order valence-corrected chi connectivity index (χ2v) is 13.8. The van der Waals surface area contributed by atoms with E-state index < -0.39 is 10.1 Å². The minimum atomic E-state index is -3.59. The van der Waals surface area contributed by atoms with Crippen molar-refractivity contribution in [2.45, 2.75) is 192 Å². The topological polar surface area (TPSA) is 43.4 Å². The summed E-state index contributed by atoms with van der Waals surface area (Å²) in [6.45, 7) is 2.59. The fourth-order valence-corrected chi connectivity index (χ4v) is 6.56. The van der Waals surface area contributed by atoms with Crippen molar-refractivity contribution in [3.8, 4) is 0 Å². The maximum absolute atomic E-state index is 12.1. The molecule has 0 radical (unpaired) electrons. The maximum atomic E-state index is 12.1. The zero-order valence-corrected chi connectivity index (χ0v) is 32.5. The summed E-state index contributed by atoms with van der Waals surface area (Å²) in [5, 5.41) is 0. The number of unbranched alkanes of at least 4 members (excludes halogenated alkanes) is 27. The molecular formula is C36H68BaO3S. The van der Waals surface area contributed by atoms with Crippen molar-refractivity contribution in [3.63, 3.8) is 0 Å². The molecule has 0 aromatic heterocycles. The second-order valence-electron chi connectivity index (χ2n) is 12.1. The van der Waals surface area contributed by atoms with E-state index in [0.29, 0.717) is 0 Å². The average molecular weight is 718 g/mol. The van der Waals surface area contributed by atoms with Gasteiger partial charge in [0.2, 0.25) is 0 Å². The van der Waals surface area contributed by atoms with E-state index in [-0.39, 0.29) is 63.2 Å². The van der Waals surface area contributed by atoms with Crippen LogP contribution in [0.3, 0.4) is 0 Å². The summed E-state index contributed by atoms with van der Waals surface area (Å²) in [6.07, 6.45) is 38.7. The molecule has 0 amide bonds. The van der Waals surface area contributed by atoms with E-state index in [1.54, 1.807) is 24.3 Å². The first-order chi connectivity index (χ1) is 19.7. The third-order valence-electron chi connectivity index (χ3n) is 8.27. The molecule has 0 unspecified atom stereocenters. The Balaban J connectivity index is -0.00000533. The molecule has 0 heterocycles. The first-order valence-electron chi connectivity index (χ1n) is 17.6. The molecular weight excluding hydrogens is 650 g/mol. The molecule has 0 aliphatic rings. The summed E-state index contributed by atoms with van der Waals surface area (Å²) in [5.74, 6) is 0. The van der Waals surface area contributed by atoms with Gasteiger partial charge in [0.1, 0.15) is 0 Å². The molecule has 238 valence electrons. The molecule has 0 bridgehead atoms. The largest absolute Gasteiger partial charge is 2.00 e. The second kappa shape index (κ2) is 32.1. The van der Waals surface area contributed by atoms with Gasteiger partial charge in [-0.05, 0) is 18.6 Å². The molecule has 1 aromatic carbocycles. The van der Waals surface area contributed by atoms with Crippen molar-refractivity contribution in [3.05, 3.63) is 30.3 Å². The summed E-state index contributed by atoms with van der Waals surface area (Å²) in [5.41, 5.74) is 0. The molecule has 1 aromatic rings. The van der Waals surface area contributed by atoms with E-state index in [4.69, 9.17) is 4.18 Å². The van der Waals surface area contributed by atoms with Gasteiger partial charge in [0.25, 0.3) is 10.1 Å². The molecule has 0 fully saturated rings. The van der Waals surface area contributed by atoms with Gasteiger partial charge < -0.3 is 2.85 Å². The molecule has 1 rings (SSSR count). The van der Waals surface area contributed by atoms with Crippen LogP contribution in [0.5, 0.6) is 0 Å². The van der Waals surface area contributed by atoms with Gasteiger partial charge in [-0.25, -0.2) is 0 Å². The molecule has 0 aliphatic carbocycles. The average Bonchev–Trinajstić information content (AvgIpc) is 2.97. The third kappa shape index (κ3) is 28.0. The van der Waals surface area contributed by atoms with Gasteiger partial charge in [-0.3, -0.25) is 4.18 Å². The summed E-state index contributed by atoms with van der Waals surface area (Å²) >= 11 is 0. The van der Waals surface area contributed by atoms with Gasteiger partial charge in [0, 0.05) is 0 Å². The predicted molar refractivity (Wildman–Crippen MR) is 183 cm³/mol. The fourth-order valence-electron chi connectivity index (χ4n) is 5.60. The Hall–Kier alpha value is 0.701. The van der Waals surface area contributed by atoms with Gasteiger partial charge in [-0.2, -0.15) is 8.42 Å². The Morgan fingerprint density at radius 3 is 1.02 bits per heavy atom. The van der Waals surface area contributed by atoms with Crippen molar-refractivity contribution < 1.29 is 15.5 Å². The van der Waals surface area contributed by atoms with E-state index >= 15 is 0 Å². The van der Waals surface area contributed by atoms with Crippen LogP contribution in [0.25, 0.3) is 0 Å². The first-order valence-corrected chi connectivity index (χ1v) is 19.0.